The van der Waals surface area contributed by atoms with Gasteiger partial charge in [-0.05, 0) is 19.2 Å². The van der Waals surface area contributed by atoms with E-state index in [4.69, 9.17) is 11.6 Å². The predicted molar refractivity (Wildman–Crippen MR) is 120 cm³/mol. The fourth-order valence-electron chi connectivity index (χ4n) is 2.98. The Morgan fingerprint density at radius 3 is 2.43 bits per heavy atom. The van der Waals surface area contributed by atoms with Crippen molar-refractivity contribution in [1.29, 1.82) is 0 Å². The van der Waals surface area contributed by atoms with Gasteiger partial charge >= 0.3 is 0 Å². The van der Waals surface area contributed by atoms with Gasteiger partial charge in [0.15, 0.2) is 0 Å². The number of halogens is 1. The molecule has 0 saturated carbocycles. The minimum absolute atomic E-state index is 0.356. The van der Waals surface area contributed by atoms with Crippen LogP contribution in [0.25, 0.3) is 0 Å². The molecule has 10 heteroatoms. The smallest absolute Gasteiger partial charge is 0.234 e. The monoisotopic (exact) mass is 442 g/mol. The topological polar surface area (TPSA) is 83.0 Å². The summed E-state index contributed by atoms with van der Waals surface area (Å²) in [5, 5.41) is 4.21. The van der Waals surface area contributed by atoms with E-state index in [0.717, 1.165) is 41.9 Å². The van der Waals surface area contributed by atoms with Gasteiger partial charge in [-0.2, -0.15) is 15.0 Å². The number of likely N-dealkylation sites (N-methyl/N-ethyl adjacent to an activating group) is 1. The third kappa shape index (κ3) is 5.35. The lowest BCUT2D eigenvalue weighted by molar-refractivity contribution is 0.311. The highest BCUT2D eigenvalue weighted by molar-refractivity contribution is 7.99. The molecular weight excluding hydrogens is 420 g/mol. The zero-order valence-electron chi connectivity index (χ0n) is 16.9. The first-order valence-electron chi connectivity index (χ1n) is 9.82. The number of piperazine rings is 1. The molecule has 2 aromatic heterocycles. The summed E-state index contributed by atoms with van der Waals surface area (Å²) in [7, 11) is 2.12. The van der Waals surface area contributed by atoms with Crippen molar-refractivity contribution in [3.63, 3.8) is 0 Å². The second kappa shape index (κ2) is 9.55. The minimum Gasteiger partial charge on any atom is -0.338 e. The maximum absolute atomic E-state index is 6.24. The second-order valence-corrected chi connectivity index (χ2v) is 8.39. The number of benzene rings is 1. The molecule has 1 aliphatic rings. The molecule has 0 amide bonds. The Hall–Kier alpha value is -2.49. The summed E-state index contributed by atoms with van der Waals surface area (Å²) in [5.74, 6) is 2.19. The van der Waals surface area contributed by atoms with E-state index >= 15 is 0 Å². The molecule has 1 saturated heterocycles. The normalized spacial score (nSPS) is 14.7. The van der Waals surface area contributed by atoms with Gasteiger partial charge in [0.05, 0.1) is 0 Å². The molecule has 0 unspecified atom stereocenters. The number of aromatic nitrogens is 5. The molecule has 1 fully saturated rings. The molecule has 0 bridgehead atoms. The van der Waals surface area contributed by atoms with Gasteiger partial charge in [-0.3, -0.25) is 5.32 Å². The molecule has 30 heavy (non-hydrogen) atoms. The third-order valence-corrected chi connectivity index (χ3v) is 5.75. The van der Waals surface area contributed by atoms with Crippen LogP contribution in [0, 0.1) is 0 Å². The Labute approximate surface area is 185 Å². The van der Waals surface area contributed by atoms with E-state index in [9.17, 15) is 0 Å². The molecule has 3 aromatic rings. The van der Waals surface area contributed by atoms with Gasteiger partial charge in [-0.1, -0.05) is 48.5 Å². The van der Waals surface area contributed by atoms with E-state index in [-0.39, 0.29) is 0 Å². The average molecular weight is 443 g/mol. The Balaban J connectivity index is 1.56. The van der Waals surface area contributed by atoms with Gasteiger partial charge in [-0.25, -0.2) is 9.97 Å². The zero-order valence-corrected chi connectivity index (χ0v) is 18.5. The second-order valence-electron chi connectivity index (χ2n) is 6.91. The van der Waals surface area contributed by atoms with E-state index in [1.807, 2.05) is 37.3 Å². The number of anilines is 3. The molecule has 8 nitrogen and oxygen atoms in total. The van der Waals surface area contributed by atoms with Crippen LogP contribution in [0.5, 0.6) is 0 Å². The molecule has 0 spiro atoms. The Morgan fingerprint density at radius 2 is 1.70 bits per heavy atom. The molecular formula is C20H23ClN8S. The average Bonchev–Trinajstić information content (AvgIpc) is 2.74. The molecule has 1 aliphatic heterocycles. The van der Waals surface area contributed by atoms with Gasteiger partial charge in [0.1, 0.15) is 16.0 Å². The molecule has 0 atom stereocenters. The van der Waals surface area contributed by atoms with Gasteiger partial charge in [0.25, 0.3) is 0 Å². The number of hydrogen-bond donors (Lipinski definition) is 1. The van der Waals surface area contributed by atoms with E-state index in [0.29, 0.717) is 29.4 Å². The summed E-state index contributed by atoms with van der Waals surface area (Å²) in [6.45, 7) is 5.75. The maximum Gasteiger partial charge on any atom is 0.234 e. The first-order chi connectivity index (χ1) is 14.6. The molecule has 156 valence electrons. The summed E-state index contributed by atoms with van der Waals surface area (Å²) in [4.78, 5) is 28.1. The quantitative estimate of drug-likeness (QED) is 0.576. The zero-order chi connectivity index (χ0) is 20.9. The van der Waals surface area contributed by atoms with Crippen LogP contribution < -0.4 is 10.2 Å². The number of aryl methyl sites for hydroxylation is 1. The fraction of sp³-hybridized carbons (Fsp3) is 0.350. The van der Waals surface area contributed by atoms with Crippen molar-refractivity contribution in [2.75, 3.05) is 43.4 Å². The minimum atomic E-state index is 0.356. The van der Waals surface area contributed by atoms with Gasteiger partial charge in [0.2, 0.25) is 17.8 Å². The standard InChI is InChI=1S/C20H23ClN8S/c1-3-16-23-19(27-20(24-16)29-11-9-28(2)10-12-29)26-18-22-15(21)13-17(25-18)30-14-7-5-4-6-8-14/h4-8,13H,3,9-12H2,1-2H3,(H,22,23,24,25,26,27). The highest BCUT2D eigenvalue weighted by Gasteiger charge is 2.18. The summed E-state index contributed by atoms with van der Waals surface area (Å²) < 4.78 is 0. The van der Waals surface area contributed by atoms with Crippen LogP contribution in [-0.2, 0) is 6.42 Å². The lowest BCUT2D eigenvalue weighted by Crippen LogP contribution is -2.45. The SMILES string of the molecule is CCc1nc(Nc2nc(Cl)cc(Sc3ccccc3)n2)nc(N2CCN(C)CC2)n1. The van der Waals surface area contributed by atoms with Crippen LogP contribution in [0.3, 0.4) is 0 Å². The molecule has 4 rings (SSSR count). The van der Waals surface area contributed by atoms with Crippen LogP contribution in [0.4, 0.5) is 17.8 Å². The Bertz CT molecular complexity index is 995. The highest BCUT2D eigenvalue weighted by Crippen LogP contribution is 2.28. The van der Waals surface area contributed by atoms with Crippen molar-refractivity contribution in [2.45, 2.75) is 23.3 Å². The van der Waals surface area contributed by atoms with Gasteiger partial charge in [0, 0.05) is 43.6 Å². The Kier molecular flexibility index (Phi) is 6.61. The largest absolute Gasteiger partial charge is 0.338 e. The predicted octanol–water partition coefficient (Wildman–Crippen LogP) is 3.52. The van der Waals surface area contributed by atoms with Crippen molar-refractivity contribution in [2.24, 2.45) is 0 Å². The van der Waals surface area contributed by atoms with E-state index in [2.05, 4.69) is 47.1 Å². The summed E-state index contributed by atoms with van der Waals surface area (Å²) in [6, 6.07) is 11.7. The number of rotatable bonds is 6. The lowest BCUT2D eigenvalue weighted by Gasteiger charge is -2.32. The van der Waals surface area contributed by atoms with Crippen molar-refractivity contribution < 1.29 is 0 Å². The van der Waals surface area contributed by atoms with Crippen molar-refractivity contribution in [3.8, 4) is 0 Å². The van der Waals surface area contributed by atoms with Crippen LogP contribution in [0.2, 0.25) is 5.15 Å². The van der Waals surface area contributed by atoms with Gasteiger partial charge < -0.3 is 9.80 Å². The number of nitrogens with zero attached hydrogens (tertiary/aromatic N) is 7. The maximum atomic E-state index is 6.24. The van der Waals surface area contributed by atoms with Crippen LogP contribution in [0.15, 0.2) is 46.3 Å². The highest BCUT2D eigenvalue weighted by atomic mass is 35.5. The third-order valence-electron chi connectivity index (χ3n) is 4.63. The van der Waals surface area contributed by atoms with Crippen molar-refractivity contribution in [3.05, 3.63) is 47.4 Å². The lowest BCUT2D eigenvalue weighted by atomic mass is 10.3. The number of hydrogen-bond acceptors (Lipinski definition) is 9. The van der Waals surface area contributed by atoms with E-state index in [1.54, 1.807) is 6.07 Å². The van der Waals surface area contributed by atoms with E-state index < -0.39 is 0 Å². The van der Waals surface area contributed by atoms with Crippen molar-refractivity contribution >= 4 is 41.2 Å². The fourth-order valence-corrected chi connectivity index (χ4v) is 4.07. The molecule has 1 N–H and O–H groups in total. The number of nitrogens with one attached hydrogen (secondary N) is 1. The van der Waals surface area contributed by atoms with Crippen LogP contribution in [0.1, 0.15) is 12.7 Å². The first kappa shape index (κ1) is 20.8. The van der Waals surface area contributed by atoms with Gasteiger partial charge in [-0.15, -0.1) is 0 Å². The molecule has 3 heterocycles. The summed E-state index contributed by atoms with van der Waals surface area (Å²) >= 11 is 7.76. The summed E-state index contributed by atoms with van der Waals surface area (Å²) in [5.41, 5.74) is 0. The van der Waals surface area contributed by atoms with E-state index in [1.165, 1.54) is 11.8 Å². The first-order valence-corrected chi connectivity index (χ1v) is 11.0. The van der Waals surface area contributed by atoms with Crippen LogP contribution in [-0.4, -0.2) is 63.0 Å². The molecule has 1 aromatic carbocycles. The van der Waals surface area contributed by atoms with Crippen molar-refractivity contribution in [1.82, 2.24) is 29.8 Å². The van der Waals surface area contributed by atoms with Crippen LogP contribution >= 0.6 is 23.4 Å². The Morgan fingerprint density at radius 1 is 0.967 bits per heavy atom. The molecule has 0 aliphatic carbocycles. The molecule has 0 radical (unpaired) electrons. The summed E-state index contributed by atoms with van der Waals surface area (Å²) in [6.07, 6.45) is 0.712.